The van der Waals surface area contributed by atoms with Crippen LogP contribution < -0.4 is 15.8 Å². The third-order valence-electron chi connectivity index (χ3n) is 3.79. The molecule has 1 amide bonds. The van der Waals surface area contributed by atoms with Crippen LogP contribution in [0.15, 0.2) is 48.5 Å². The Morgan fingerprint density at radius 2 is 1.92 bits per heavy atom. The fraction of sp³-hybridized carbons (Fsp3) is 0.316. The molecule has 1 atom stereocenters. The van der Waals surface area contributed by atoms with Gasteiger partial charge < -0.3 is 26.0 Å². The Kier molecular flexibility index (Phi) is 6.01. The number of aliphatic hydroxyl groups is 1. The van der Waals surface area contributed by atoms with E-state index in [1.165, 1.54) is 12.1 Å². The molecule has 0 fully saturated rings. The highest BCUT2D eigenvalue weighted by atomic mass is 16.5. The zero-order valence-corrected chi connectivity index (χ0v) is 14.4. The zero-order valence-electron chi connectivity index (χ0n) is 14.4. The molecule has 2 aromatic rings. The molecule has 2 rings (SSSR count). The summed E-state index contributed by atoms with van der Waals surface area (Å²) in [5.74, 6) is -0.459. The number of rotatable bonds is 8. The van der Waals surface area contributed by atoms with Crippen molar-refractivity contribution in [2.45, 2.75) is 25.5 Å². The third-order valence-corrected chi connectivity index (χ3v) is 3.79. The SMILES string of the molecule is CC(C)(COc1ccc(O)c(C(N)=O)c1)NC[C@H](O)c1ccccc1. The number of ether oxygens (including phenoxy) is 1. The van der Waals surface area contributed by atoms with E-state index in [1.54, 1.807) is 6.07 Å². The van der Waals surface area contributed by atoms with Crippen molar-refractivity contribution in [1.29, 1.82) is 0 Å². The van der Waals surface area contributed by atoms with Gasteiger partial charge in [-0.1, -0.05) is 30.3 Å². The molecule has 0 saturated carbocycles. The van der Waals surface area contributed by atoms with Gasteiger partial charge in [-0.15, -0.1) is 0 Å². The second kappa shape index (κ2) is 8.00. The zero-order chi connectivity index (χ0) is 18.4. The minimum absolute atomic E-state index is 0.0164. The molecule has 0 spiro atoms. The molecule has 6 nitrogen and oxygen atoms in total. The van der Waals surface area contributed by atoms with Gasteiger partial charge in [0.1, 0.15) is 18.1 Å². The Hall–Kier alpha value is -2.57. The number of primary amides is 1. The van der Waals surface area contributed by atoms with Gasteiger partial charge in [0.05, 0.1) is 11.7 Å². The van der Waals surface area contributed by atoms with Crippen LogP contribution in [0.1, 0.15) is 35.9 Å². The number of nitrogens with one attached hydrogen (secondary N) is 1. The number of amides is 1. The molecule has 0 heterocycles. The Bertz CT molecular complexity index is 717. The third kappa shape index (κ3) is 5.48. The first-order valence-corrected chi connectivity index (χ1v) is 8.02. The van der Waals surface area contributed by atoms with Crippen LogP contribution in [0.2, 0.25) is 0 Å². The monoisotopic (exact) mass is 344 g/mol. The van der Waals surface area contributed by atoms with E-state index in [9.17, 15) is 15.0 Å². The molecular formula is C19H24N2O4. The summed E-state index contributed by atoms with van der Waals surface area (Å²) >= 11 is 0. The van der Waals surface area contributed by atoms with Gasteiger partial charge in [-0.25, -0.2) is 0 Å². The highest BCUT2D eigenvalue weighted by Gasteiger charge is 2.20. The van der Waals surface area contributed by atoms with Crippen molar-refractivity contribution in [1.82, 2.24) is 5.32 Å². The summed E-state index contributed by atoms with van der Waals surface area (Å²) in [7, 11) is 0. The second-order valence-electron chi connectivity index (χ2n) is 6.52. The predicted octanol–water partition coefficient (Wildman–Crippen LogP) is 1.97. The number of carbonyl (C=O) groups excluding carboxylic acids is 1. The van der Waals surface area contributed by atoms with E-state index in [0.29, 0.717) is 18.9 Å². The lowest BCUT2D eigenvalue weighted by atomic mass is 10.0. The Balaban J connectivity index is 1.91. The van der Waals surface area contributed by atoms with E-state index in [0.717, 1.165) is 5.56 Å². The Labute approximate surface area is 147 Å². The summed E-state index contributed by atoms with van der Waals surface area (Å²) in [6.07, 6.45) is -0.615. The maximum atomic E-state index is 11.3. The topological polar surface area (TPSA) is 105 Å². The van der Waals surface area contributed by atoms with Crippen LogP contribution in [0, 0.1) is 0 Å². The molecule has 6 heteroatoms. The Morgan fingerprint density at radius 3 is 2.56 bits per heavy atom. The fourth-order valence-corrected chi connectivity index (χ4v) is 2.28. The smallest absolute Gasteiger partial charge is 0.252 e. The van der Waals surface area contributed by atoms with Crippen molar-refractivity contribution < 1.29 is 19.7 Å². The van der Waals surface area contributed by atoms with Crippen molar-refractivity contribution in [2.75, 3.05) is 13.2 Å². The van der Waals surface area contributed by atoms with Crippen LogP contribution >= 0.6 is 0 Å². The lowest BCUT2D eigenvalue weighted by molar-refractivity contribution is 0.0997. The molecule has 0 bridgehead atoms. The van der Waals surface area contributed by atoms with Crippen molar-refractivity contribution in [3.05, 3.63) is 59.7 Å². The molecule has 0 aromatic heterocycles. The Morgan fingerprint density at radius 1 is 1.24 bits per heavy atom. The van der Waals surface area contributed by atoms with Gasteiger partial charge in [0.15, 0.2) is 0 Å². The van der Waals surface area contributed by atoms with Crippen LogP contribution in [-0.2, 0) is 0 Å². The predicted molar refractivity (Wildman–Crippen MR) is 95.6 cm³/mol. The van der Waals surface area contributed by atoms with Gasteiger partial charge >= 0.3 is 0 Å². The summed E-state index contributed by atoms with van der Waals surface area (Å²) in [5.41, 5.74) is 5.65. The summed E-state index contributed by atoms with van der Waals surface area (Å²) in [6.45, 7) is 4.57. The minimum Gasteiger partial charge on any atom is -0.507 e. The maximum absolute atomic E-state index is 11.3. The van der Waals surface area contributed by atoms with E-state index in [-0.39, 0.29) is 11.3 Å². The summed E-state index contributed by atoms with van der Waals surface area (Å²) in [6, 6.07) is 13.8. The van der Waals surface area contributed by atoms with Gasteiger partial charge in [0.25, 0.3) is 5.91 Å². The molecular weight excluding hydrogens is 320 g/mol. The number of aliphatic hydroxyl groups excluding tert-OH is 1. The molecule has 0 radical (unpaired) electrons. The number of aromatic hydroxyl groups is 1. The van der Waals surface area contributed by atoms with Crippen molar-refractivity contribution in [3.8, 4) is 11.5 Å². The van der Waals surface area contributed by atoms with Crippen molar-refractivity contribution in [3.63, 3.8) is 0 Å². The molecule has 0 aliphatic heterocycles. The largest absolute Gasteiger partial charge is 0.507 e. The summed E-state index contributed by atoms with van der Waals surface area (Å²) in [5, 5.41) is 23.1. The molecule has 0 aliphatic rings. The van der Waals surface area contributed by atoms with Crippen LogP contribution in [0.5, 0.6) is 11.5 Å². The van der Waals surface area contributed by atoms with Gasteiger partial charge in [-0.05, 0) is 37.6 Å². The van der Waals surface area contributed by atoms with Crippen LogP contribution in [0.25, 0.3) is 0 Å². The number of nitrogens with two attached hydrogens (primary N) is 1. The highest BCUT2D eigenvalue weighted by Crippen LogP contribution is 2.23. The quantitative estimate of drug-likeness (QED) is 0.586. The normalized spacial score (nSPS) is 12.6. The molecule has 0 saturated heterocycles. The number of phenols is 1. The second-order valence-corrected chi connectivity index (χ2v) is 6.52. The van der Waals surface area contributed by atoms with Crippen LogP contribution in [0.3, 0.4) is 0 Å². The van der Waals surface area contributed by atoms with Crippen molar-refractivity contribution in [2.24, 2.45) is 5.73 Å². The van der Waals surface area contributed by atoms with Gasteiger partial charge in [0.2, 0.25) is 0 Å². The number of benzene rings is 2. The molecule has 5 N–H and O–H groups in total. The van der Waals surface area contributed by atoms with Crippen molar-refractivity contribution >= 4 is 5.91 Å². The van der Waals surface area contributed by atoms with E-state index < -0.39 is 17.6 Å². The average molecular weight is 344 g/mol. The van der Waals surface area contributed by atoms with Crippen LogP contribution in [0.4, 0.5) is 0 Å². The maximum Gasteiger partial charge on any atom is 0.252 e. The first-order chi connectivity index (χ1) is 11.8. The highest BCUT2D eigenvalue weighted by molar-refractivity contribution is 5.95. The number of β-amino-alcohol motifs (C(OH)–C–C–N with tert-alkyl or cyclic N) is 1. The standard InChI is InChI=1S/C19H24N2O4/c1-19(2,21-11-17(23)13-6-4-3-5-7-13)12-25-14-8-9-16(22)15(10-14)18(20)24/h3-10,17,21-23H,11-12H2,1-2H3,(H2,20,24)/t17-/m0/s1. The number of hydrogen-bond donors (Lipinski definition) is 4. The van der Waals surface area contributed by atoms with E-state index in [2.05, 4.69) is 5.32 Å². The first kappa shape index (κ1) is 18.8. The van der Waals surface area contributed by atoms with Crippen LogP contribution in [-0.4, -0.2) is 34.8 Å². The molecule has 134 valence electrons. The number of hydrogen-bond acceptors (Lipinski definition) is 5. The fourth-order valence-electron chi connectivity index (χ4n) is 2.28. The molecule has 0 aliphatic carbocycles. The molecule has 25 heavy (non-hydrogen) atoms. The van der Waals surface area contributed by atoms with Gasteiger partial charge in [-0.3, -0.25) is 4.79 Å². The first-order valence-electron chi connectivity index (χ1n) is 8.02. The summed E-state index contributed by atoms with van der Waals surface area (Å²) < 4.78 is 5.69. The van der Waals surface area contributed by atoms with E-state index >= 15 is 0 Å². The summed E-state index contributed by atoms with van der Waals surface area (Å²) in [4.78, 5) is 11.3. The van der Waals surface area contributed by atoms with Gasteiger partial charge in [-0.2, -0.15) is 0 Å². The molecule has 0 unspecified atom stereocenters. The average Bonchev–Trinajstić information content (AvgIpc) is 2.59. The lowest BCUT2D eigenvalue weighted by Crippen LogP contribution is -2.46. The number of carbonyl (C=O) groups is 1. The minimum atomic E-state index is -0.716. The molecule has 2 aromatic carbocycles. The van der Waals surface area contributed by atoms with Gasteiger partial charge in [0, 0.05) is 12.1 Å². The van der Waals surface area contributed by atoms with E-state index in [1.807, 2.05) is 44.2 Å². The lowest BCUT2D eigenvalue weighted by Gasteiger charge is -2.28. The van der Waals surface area contributed by atoms with E-state index in [4.69, 9.17) is 10.5 Å².